The number of amides is 1. The van der Waals surface area contributed by atoms with Crippen LogP contribution in [0.15, 0.2) is 18.2 Å². The molecule has 1 N–H and O–H groups in total. The Morgan fingerprint density at radius 3 is 2.94 bits per heavy atom. The van der Waals surface area contributed by atoms with Gasteiger partial charge in [-0.3, -0.25) is 0 Å². The Balaban J connectivity index is 2.29. The van der Waals surface area contributed by atoms with E-state index in [9.17, 15) is 9.18 Å². The number of hydrogen-bond donors (Lipinski definition) is 1. The maximum absolute atomic E-state index is 12.7. The van der Waals surface area contributed by atoms with Crippen molar-refractivity contribution < 1.29 is 18.7 Å². The fourth-order valence-electron chi connectivity index (χ4n) is 1.09. The smallest absolute Gasteiger partial charge is 0.407 e. The number of alkyl carbamates (subject to hydrolysis) is 1. The van der Waals surface area contributed by atoms with Gasteiger partial charge in [0, 0.05) is 0 Å². The van der Waals surface area contributed by atoms with Gasteiger partial charge in [0.1, 0.15) is 18.2 Å². The largest absolute Gasteiger partial charge is 0.490 e. The number of rotatable bonds is 5. The van der Waals surface area contributed by atoms with Crippen LogP contribution in [0.4, 0.5) is 9.18 Å². The SMILES string of the molecule is CCOC(=O)NCCOc1ccc(F)cc1Cl. The third kappa shape index (κ3) is 4.91. The highest BCUT2D eigenvalue weighted by Crippen LogP contribution is 2.24. The van der Waals surface area contributed by atoms with Crippen LogP contribution in [0.5, 0.6) is 5.75 Å². The minimum atomic E-state index is -0.499. The summed E-state index contributed by atoms with van der Waals surface area (Å²) in [6.45, 7) is 2.54. The van der Waals surface area contributed by atoms with Crippen LogP contribution < -0.4 is 10.1 Å². The molecule has 0 spiro atoms. The first-order valence-electron chi connectivity index (χ1n) is 5.12. The van der Waals surface area contributed by atoms with E-state index in [0.29, 0.717) is 12.4 Å². The highest BCUT2D eigenvalue weighted by atomic mass is 35.5. The number of halogens is 2. The van der Waals surface area contributed by atoms with Crippen LogP contribution in [0.2, 0.25) is 5.02 Å². The van der Waals surface area contributed by atoms with E-state index in [0.717, 1.165) is 6.07 Å². The molecule has 6 heteroatoms. The summed E-state index contributed by atoms with van der Waals surface area (Å²) in [5.41, 5.74) is 0. The van der Waals surface area contributed by atoms with Gasteiger partial charge in [0.15, 0.2) is 0 Å². The zero-order valence-corrected chi connectivity index (χ0v) is 10.1. The fraction of sp³-hybridized carbons (Fsp3) is 0.364. The van der Waals surface area contributed by atoms with Crippen LogP contribution in [-0.2, 0) is 4.74 Å². The molecule has 0 saturated carbocycles. The van der Waals surface area contributed by atoms with Crippen LogP contribution in [0.1, 0.15) is 6.92 Å². The van der Waals surface area contributed by atoms with Crippen molar-refractivity contribution in [2.75, 3.05) is 19.8 Å². The Morgan fingerprint density at radius 2 is 2.29 bits per heavy atom. The van der Waals surface area contributed by atoms with E-state index in [4.69, 9.17) is 16.3 Å². The zero-order valence-electron chi connectivity index (χ0n) is 9.33. The minimum absolute atomic E-state index is 0.195. The average molecular weight is 262 g/mol. The van der Waals surface area contributed by atoms with Gasteiger partial charge in [-0.1, -0.05) is 11.6 Å². The van der Waals surface area contributed by atoms with Gasteiger partial charge in [0.2, 0.25) is 0 Å². The highest BCUT2D eigenvalue weighted by molar-refractivity contribution is 6.32. The molecule has 17 heavy (non-hydrogen) atoms. The molecule has 0 bridgehead atoms. The van der Waals surface area contributed by atoms with Crippen molar-refractivity contribution in [1.82, 2.24) is 5.32 Å². The molecule has 0 fully saturated rings. The second-order valence-electron chi connectivity index (χ2n) is 3.07. The summed E-state index contributed by atoms with van der Waals surface area (Å²) in [5.74, 6) is -0.0503. The van der Waals surface area contributed by atoms with E-state index in [2.05, 4.69) is 10.1 Å². The number of carbonyl (C=O) groups excluding carboxylic acids is 1. The summed E-state index contributed by atoms with van der Waals surface area (Å²) >= 11 is 5.74. The van der Waals surface area contributed by atoms with Crippen molar-refractivity contribution in [2.24, 2.45) is 0 Å². The molecule has 1 amide bonds. The van der Waals surface area contributed by atoms with Crippen LogP contribution >= 0.6 is 11.6 Å². The fourth-order valence-corrected chi connectivity index (χ4v) is 1.31. The van der Waals surface area contributed by atoms with E-state index in [1.807, 2.05) is 0 Å². The summed E-state index contributed by atoms with van der Waals surface area (Å²) in [6, 6.07) is 3.84. The Kier molecular flexibility index (Phi) is 5.56. The predicted molar refractivity (Wildman–Crippen MR) is 61.9 cm³/mol. The van der Waals surface area contributed by atoms with Crippen LogP contribution in [0, 0.1) is 5.82 Å². The summed E-state index contributed by atoms with van der Waals surface area (Å²) in [7, 11) is 0. The Bertz CT molecular complexity index is 387. The summed E-state index contributed by atoms with van der Waals surface area (Å²) < 4.78 is 22.6. The number of carbonyl (C=O) groups is 1. The van der Waals surface area contributed by atoms with E-state index in [1.165, 1.54) is 12.1 Å². The van der Waals surface area contributed by atoms with Crippen molar-refractivity contribution in [1.29, 1.82) is 0 Å². The number of ether oxygens (including phenoxy) is 2. The van der Waals surface area contributed by atoms with Gasteiger partial charge < -0.3 is 14.8 Å². The first kappa shape index (κ1) is 13.6. The van der Waals surface area contributed by atoms with Crippen LogP contribution in [0.3, 0.4) is 0 Å². The third-order valence-electron chi connectivity index (χ3n) is 1.80. The van der Waals surface area contributed by atoms with Crippen molar-refractivity contribution in [3.63, 3.8) is 0 Å². The molecule has 4 nitrogen and oxygen atoms in total. The van der Waals surface area contributed by atoms with Crippen molar-refractivity contribution in [3.8, 4) is 5.75 Å². The summed E-state index contributed by atoms with van der Waals surface area (Å²) in [4.78, 5) is 10.9. The normalized spacial score (nSPS) is 9.82. The first-order valence-corrected chi connectivity index (χ1v) is 5.49. The molecule has 0 saturated heterocycles. The van der Waals surface area contributed by atoms with E-state index in [-0.39, 0.29) is 18.2 Å². The molecule has 0 aliphatic heterocycles. The molecule has 1 aromatic rings. The molecule has 0 aromatic heterocycles. The Labute approximate surface area is 104 Å². The number of nitrogens with one attached hydrogen (secondary N) is 1. The Hall–Kier alpha value is -1.49. The van der Waals surface area contributed by atoms with Gasteiger partial charge in [-0.2, -0.15) is 0 Å². The molecule has 0 radical (unpaired) electrons. The third-order valence-corrected chi connectivity index (χ3v) is 2.09. The van der Waals surface area contributed by atoms with Gasteiger partial charge in [0.25, 0.3) is 0 Å². The second kappa shape index (κ2) is 6.96. The van der Waals surface area contributed by atoms with Gasteiger partial charge in [-0.15, -0.1) is 0 Å². The second-order valence-corrected chi connectivity index (χ2v) is 3.48. The maximum Gasteiger partial charge on any atom is 0.407 e. The molecule has 0 aliphatic carbocycles. The van der Waals surface area contributed by atoms with Crippen LogP contribution in [-0.4, -0.2) is 25.9 Å². The Morgan fingerprint density at radius 1 is 1.53 bits per heavy atom. The average Bonchev–Trinajstić information content (AvgIpc) is 2.27. The van der Waals surface area contributed by atoms with Gasteiger partial charge >= 0.3 is 6.09 Å². The molecular formula is C11H13ClFNO3. The molecule has 0 unspecified atom stereocenters. The zero-order chi connectivity index (χ0) is 12.7. The number of benzene rings is 1. The lowest BCUT2D eigenvalue weighted by Gasteiger charge is -2.08. The monoisotopic (exact) mass is 261 g/mol. The van der Waals surface area contributed by atoms with Gasteiger partial charge in [0.05, 0.1) is 18.2 Å². The van der Waals surface area contributed by atoms with Crippen molar-refractivity contribution in [3.05, 3.63) is 29.0 Å². The minimum Gasteiger partial charge on any atom is -0.490 e. The quantitative estimate of drug-likeness (QED) is 0.829. The first-order chi connectivity index (χ1) is 8.13. The molecule has 94 valence electrons. The summed E-state index contributed by atoms with van der Waals surface area (Å²) in [5, 5.41) is 2.68. The lowest BCUT2D eigenvalue weighted by molar-refractivity contribution is 0.150. The summed E-state index contributed by atoms with van der Waals surface area (Å²) in [6.07, 6.45) is -0.499. The van der Waals surface area contributed by atoms with E-state index >= 15 is 0 Å². The highest BCUT2D eigenvalue weighted by Gasteiger charge is 2.03. The van der Waals surface area contributed by atoms with Crippen molar-refractivity contribution >= 4 is 17.7 Å². The molecule has 0 heterocycles. The van der Waals surface area contributed by atoms with Gasteiger partial charge in [-0.05, 0) is 25.1 Å². The molecule has 1 rings (SSSR count). The number of hydrogen-bond acceptors (Lipinski definition) is 3. The lowest BCUT2D eigenvalue weighted by Crippen LogP contribution is -2.28. The van der Waals surface area contributed by atoms with E-state index in [1.54, 1.807) is 6.92 Å². The topological polar surface area (TPSA) is 47.6 Å². The molecule has 1 aromatic carbocycles. The maximum atomic E-state index is 12.7. The molecular weight excluding hydrogens is 249 g/mol. The molecule has 0 aliphatic rings. The van der Waals surface area contributed by atoms with Crippen molar-refractivity contribution in [2.45, 2.75) is 6.92 Å². The van der Waals surface area contributed by atoms with Crippen LogP contribution in [0.25, 0.3) is 0 Å². The standard InChI is InChI=1S/C11H13ClFNO3/c1-2-16-11(15)14-5-6-17-10-4-3-8(13)7-9(10)12/h3-4,7H,2,5-6H2,1H3,(H,14,15). The predicted octanol–water partition coefficient (Wildman–Crippen LogP) is 2.60. The lowest BCUT2D eigenvalue weighted by atomic mass is 10.3. The van der Waals surface area contributed by atoms with E-state index < -0.39 is 11.9 Å². The van der Waals surface area contributed by atoms with Gasteiger partial charge in [-0.25, -0.2) is 9.18 Å². The molecule has 0 atom stereocenters.